The molecule has 1 aromatic heterocycles. The van der Waals surface area contributed by atoms with E-state index >= 15 is 0 Å². The van der Waals surface area contributed by atoms with Gasteiger partial charge < -0.3 is 10.1 Å². The summed E-state index contributed by atoms with van der Waals surface area (Å²) in [4.78, 5) is 1.27. The van der Waals surface area contributed by atoms with Gasteiger partial charge in [-0.05, 0) is 58.7 Å². The van der Waals surface area contributed by atoms with E-state index in [1.807, 2.05) is 12.1 Å². The van der Waals surface area contributed by atoms with Gasteiger partial charge in [0.15, 0.2) is 11.6 Å². The lowest BCUT2D eigenvalue weighted by molar-refractivity contribution is 0.385. The van der Waals surface area contributed by atoms with Crippen LogP contribution in [-0.2, 0) is 6.42 Å². The lowest BCUT2D eigenvalue weighted by Gasteiger charge is -2.19. The molecule has 1 aromatic carbocycles. The molecular weight excluding hydrogens is 353 g/mol. The molecule has 0 aliphatic heterocycles. The number of hydrogen-bond donors (Lipinski definition) is 1. The predicted octanol–water partition coefficient (Wildman–Crippen LogP) is 4.94. The van der Waals surface area contributed by atoms with Crippen LogP contribution in [0.1, 0.15) is 29.8 Å². The molecule has 21 heavy (non-hydrogen) atoms. The van der Waals surface area contributed by atoms with Crippen LogP contribution in [0.3, 0.4) is 0 Å². The van der Waals surface area contributed by atoms with Crippen LogP contribution in [0.2, 0.25) is 0 Å². The van der Waals surface area contributed by atoms with Crippen molar-refractivity contribution in [2.45, 2.75) is 25.8 Å². The molecule has 1 atom stereocenters. The van der Waals surface area contributed by atoms with Gasteiger partial charge in [-0.3, -0.25) is 0 Å². The van der Waals surface area contributed by atoms with Gasteiger partial charge in [-0.25, -0.2) is 4.39 Å². The highest BCUT2D eigenvalue weighted by Crippen LogP contribution is 2.28. The fraction of sp³-hybridized carbons (Fsp3) is 0.375. The van der Waals surface area contributed by atoms with E-state index in [9.17, 15) is 4.39 Å². The van der Waals surface area contributed by atoms with Crippen LogP contribution in [0.4, 0.5) is 4.39 Å². The zero-order chi connectivity index (χ0) is 15.2. The van der Waals surface area contributed by atoms with Gasteiger partial charge in [-0.15, -0.1) is 11.3 Å². The Morgan fingerprint density at radius 3 is 2.71 bits per heavy atom. The van der Waals surface area contributed by atoms with Crippen molar-refractivity contribution in [1.82, 2.24) is 5.32 Å². The first-order chi connectivity index (χ1) is 10.1. The molecular formula is C16H19BrFNOS. The molecule has 0 saturated carbocycles. The minimum absolute atomic E-state index is 0.107. The number of nitrogens with one attached hydrogen (secondary N) is 1. The smallest absolute Gasteiger partial charge is 0.165 e. The van der Waals surface area contributed by atoms with Crippen molar-refractivity contribution in [2.24, 2.45) is 0 Å². The van der Waals surface area contributed by atoms with Crippen molar-refractivity contribution < 1.29 is 9.13 Å². The first-order valence-electron chi connectivity index (χ1n) is 6.95. The van der Waals surface area contributed by atoms with Crippen LogP contribution >= 0.6 is 27.3 Å². The predicted molar refractivity (Wildman–Crippen MR) is 89.7 cm³/mol. The molecule has 0 fully saturated rings. The molecule has 2 rings (SSSR count). The van der Waals surface area contributed by atoms with Crippen LogP contribution in [0.15, 0.2) is 34.1 Å². The number of thiophene rings is 1. The third-order valence-electron chi connectivity index (χ3n) is 3.25. The van der Waals surface area contributed by atoms with Gasteiger partial charge in [0.1, 0.15) is 0 Å². The van der Waals surface area contributed by atoms with Gasteiger partial charge in [0.25, 0.3) is 0 Å². The fourth-order valence-electron chi connectivity index (χ4n) is 2.19. The Balaban J connectivity index is 2.20. The summed E-state index contributed by atoms with van der Waals surface area (Å²) < 4.78 is 20.0. The number of ether oxygens (including phenoxy) is 1. The maximum atomic E-state index is 13.9. The topological polar surface area (TPSA) is 21.3 Å². The fourth-order valence-corrected chi connectivity index (χ4v) is 3.72. The molecule has 1 unspecified atom stereocenters. The van der Waals surface area contributed by atoms with Crippen LogP contribution in [-0.4, -0.2) is 13.7 Å². The van der Waals surface area contributed by atoms with Gasteiger partial charge >= 0.3 is 0 Å². The van der Waals surface area contributed by atoms with E-state index in [0.29, 0.717) is 0 Å². The quantitative estimate of drug-likeness (QED) is 0.743. The van der Waals surface area contributed by atoms with E-state index in [0.717, 1.165) is 28.7 Å². The highest BCUT2D eigenvalue weighted by atomic mass is 79.9. The van der Waals surface area contributed by atoms with E-state index in [1.54, 1.807) is 23.5 Å². The van der Waals surface area contributed by atoms with Crippen molar-refractivity contribution in [1.29, 1.82) is 0 Å². The molecule has 0 radical (unpaired) electrons. The van der Waals surface area contributed by atoms with E-state index in [1.165, 1.54) is 12.0 Å². The van der Waals surface area contributed by atoms with Gasteiger partial charge in [-0.2, -0.15) is 0 Å². The molecule has 0 spiro atoms. The second-order valence-electron chi connectivity index (χ2n) is 4.81. The van der Waals surface area contributed by atoms with Crippen LogP contribution in [0, 0.1) is 5.82 Å². The van der Waals surface area contributed by atoms with Crippen molar-refractivity contribution in [3.05, 3.63) is 50.4 Å². The Kier molecular flexibility index (Phi) is 6.21. The summed E-state index contributed by atoms with van der Waals surface area (Å²) in [5.74, 6) is -0.0301. The van der Waals surface area contributed by atoms with Crippen molar-refractivity contribution in [2.75, 3.05) is 13.7 Å². The van der Waals surface area contributed by atoms with Gasteiger partial charge in [0.05, 0.1) is 10.9 Å². The zero-order valence-corrected chi connectivity index (χ0v) is 14.6. The number of hydrogen-bond acceptors (Lipinski definition) is 3. The van der Waals surface area contributed by atoms with Crippen LogP contribution < -0.4 is 10.1 Å². The number of halogens is 2. The lowest BCUT2D eigenvalue weighted by Crippen LogP contribution is -2.24. The van der Waals surface area contributed by atoms with Crippen molar-refractivity contribution in [3.63, 3.8) is 0 Å². The lowest BCUT2D eigenvalue weighted by atomic mass is 10.0. The molecule has 0 bridgehead atoms. The Labute approximate surface area is 137 Å². The molecule has 5 heteroatoms. The monoisotopic (exact) mass is 371 g/mol. The van der Waals surface area contributed by atoms with E-state index in [2.05, 4.69) is 34.2 Å². The zero-order valence-electron chi connectivity index (χ0n) is 12.2. The summed E-state index contributed by atoms with van der Waals surface area (Å²) in [6.07, 6.45) is 1.89. The molecule has 0 amide bonds. The average molecular weight is 372 g/mol. The SMILES string of the molecule is CCCNC(Cc1ccc(Br)s1)c1ccc(OC)c(F)c1. The molecule has 1 heterocycles. The van der Waals surface area contributed by atoms with E-state index < -0.39 is 0 Å². The second kappa shape index (κ2) is 7.92. The van der Waals surface area contributed by atoms with Crippen molar-refractivity contribution in [3.8, 4) is 5.75 Å². The molecule has 0 saturated heterocycles. The second-order valence-corrected chi connectivity index (χ2v) is 7.36. The minimum Gasteiger partial charge on any atom is -0.494 e. The van der Waals surface area contributed by atoms with E-state index in [-0.39, 0.29) is 17.6 Å². The molecule has 114 valence electrons. The number of methoxy groups -OCH3 is 1. The first kappa shape index (κ1) is 16.5. The summed E-state index contributed by atoms with van der Waals surface area (Å²) >= 11 is 5.20. The Hall–Kier alpha value is -0.910. The molecule has 1 N–H and O–H groups in total. The molecule has 0 aliphatic rings. The molecule has 2 nitrogen and oxygen atoms in total. The third kappa shape index (κ3) is 4.53. The Bertz CT molecular complexity index is 587. The number of rotatable bonds is 7. The molecule has 0 aliphatic carbocycles. The minimum atomic E-state index is -0.314. The Morgan fingerprint density at radius 2 is 2.14 bits per heavy atom. The maximum absolute atomic E-state index is 13.9. The maximum Gasteiger partial charge on any atom is 0.165 e. The molecule has 2 aromatic rings. The van der Waals surface area contributed by atoms with Crippen molar-refractivity contribution >= 4 is 27.3 Å². The Morgan fingerprint density at radius 1 is 1.33 bits per heavy atom. The summed E-state index contributed by atoms with van der Waals surface area (Å²) in [6, 6.07) is 9.44. The normalized spacial score (nSPS) is 12.4. The van der Waals surface area contributed by atoms with Gasteiger partial charge in [0.2, 0.25) is 0 Å². The highest BCUT2D eigenvalue weighted by molar-refractivity contribution is 9.11. The van der Waals surface area contributed by atoms with Crippen LogP contribution in [0.5, 0.6) is 5.75 Å². The largest absolute Gasteiger partial charge is 0.494 e. The highest BCUT2D eigenvalue weighted by Gasteiger charge is 2.15. The number of benzene rings is 1. The summed E-state index contributed by atoms with van der Waals surface area (Å²) in [5.41, 5.74) is 0.950. The standard InChI is InChI=1S/C16H19BrFNOS/c1-3-8-19-14(10-12-5-7-16(17)21-12)11-4-6-15(20-2)13(18)9-11/h4-7,9,14,19H,3,8,10H2,1-2H3. The summed E-state index contributed by atoms with van der Waals surface area (Å²) in [6.45, 7) is 3.03. The summed E-state index contributed by atoms with van der Waals surface area (Å²) in [5, 5.41) is 3.49. The van der Waals surface area contributed by atoms with Crippen LogP contribution in [0.25, 0.3) is 0 Å². The van der Waals surface area contributed by atoms with E-state index in [4.69, 9.17) is 4.74 Å². The third-order valence-corrected chi connectivity index (χ3v) is 4.90. The average Bonchev–Trinajstić information content (AvgIpc) is 2.88. The summed E-state index contributed by atoms with van der Waals surface area (Å²) in [7, 11) is 1.48. The van der Waals surface area contributed by atoms with Gasteiger partial charge in [0, 0.05) is 17.3 Å². The first-order valence-corrected chi connectivity index (χ1v) is 8.56. The van der Waals surface area contributed by atoms with Gasteiger partial charge in [-0.1, -0.05) is 13.0 Å².